The van der Waals surface area contributed by atoms with Gasteiger partial charge in [0.15, 0.2) is 0 Å². The summed E-state index contributed by atoms with van der Waals surface area (Å²) < 4.78 is 5.21. The van der Waals surface area contributed by atoms with Crippen LogP contribution in [0.4, 0.5) is 0 Å². The van der Waals surface area contributed by atoms with Crippen LogP contribution >= 0.6 is 0 Å². The van der Waals surface area contributed by atoms with E-state index in [2.05, 4.69) is 109 Å². The third-order valence-electron chi connectivity index (χ3n) is 9.15. The summed E-state index contributed by atoms with van der Waals surface area (Å²) in [5, 5.41) is 6.66. The van der Waals surface area contributed by atoms with Crippen molar-refractivity contribution in [3.05, 3.63) is 18.2 Å². The van der Waals surface area contributed by atoms with E-state index in [-0.39, 0.29) is 0 Å². The molecular weight excluding hydrogens is 572 g/mol. The molecule has 46 heavy (non-hydrogen) atoms. The highest BCUT2D eigenvalue weighted by atomic mass is 16.5. The number of hydrogen-bond donors (Lipinski definition) is 3. The molecule has 0 aliphatic carbocycles. The molecule has 0 unspecified atom stereocenters. The zero-order chi connectivity index (χ0) is 34.2. The first-order chi connectivity index (χ1) is 22.0. The lowest BCUT2D eigenvalue weighted by molar-refractivity contribution is 0.0238. The Hall–Kier alpha value is -1.07. The molecule has 4 fully saturated rings. The zero-order valence-corrected chi connectivity index (χ0v) is 32.1. The van der Waals surface area contributed by atoms with Gasteiger partial charge in [0.05, 0.1) is 19.5 Å². The molecule has 9 nitrogen and oxygen atoms in total. The Morgan fingerprint density at radius 3 is 1.41 bits per heavy atom. The topological polar surface area (TPSA) is 74.9 Å². The highest BCUT2D eigenvalue weighted by molar-refractivity contribution is 4.94. The smallest absolute Gasteiger partial charge is 0.0921 e. The second kappa shape index (κ2) is 26.8. The van der Waals surface area contributed by atoms with Gasteiger partial charge in [-0.15, -0.1) is 0 Å². The fourth-order valence-corrected chi connectivity index (χ4v) is 5.90. The number of likely N-dealkylation sites (tertiary alicyclic amines) is 2. The van der Waals surface area contributed by atoms with Crippen LogP contribution in [-0.4, -0.2) is 145 Å². The maximum atomic E-state index is 5.21. The molecule has 0 aromatic carbocycles. The molecule has 5 rings (SSSR count). The molecule has 0 spiro atoms. The number of nitrogens with one attached hydrogen (secondary N) is 3. The van der Waals surface area contributed by atoms with Gasteiger partial charge in [0, 0.05) is 94.3 Å². The number of morpholine rings is 1. The molecule has 272 valence electrons. The fraction of sp³-hybridized carbons (Fsp3) is 0.919. The van der Waals surface area contributed by atoms with Crippen LogP contribution in [0.25, 0.3) is 0 Å². The van der Waals surface area contributed by atoms with Crippen molar-refractivity contribution in [2.75, 3.05) is 85.2 Å². The van der Waals surface area contributed by atoms with E-state index in [1.807, 2.05) is 6.20 Å². The van der Waals surface area contributed by atoms with E-state index in [0.29, 0.717) is 12.1 Å². The number of hydrogen-bond acceptors (Lipinski definition) is 8. The normalized spacial score (nSPS) is 20.1. The summed E-state index contributed by atoms with van der Waals surface area (Å²) in [6.07, 6.45) is 11.7. The average Bonchev–Trinajstić information content (AvgIpc) is 3.79. The zero-order valence-electron chi connectivity index (χ0n) is 32.1. The second-order valence-corrected chi connectivity index (χ2v) is 14.6. The van der Waals surface area contributed by atoms with Crippen LogP contribution in [0.1, 0.15) is 107 Å². The lowest BCUT2D eigenvalue weighted by Crippen LogP contribution is -2.46. The Morgan fingerprint density at radius 1 is 0.630 bits per heavy atom. The molecule has 0 atom stereocenters. The molecule has 0 saturated carbocycles. The summed E-state index contributed by atoms with van der Waals surface area (Å²) in [5.74, 6) is 0. The standard InChI is InChI=1S/C8H15N3.C8H17N.C7H16N2.C7H15NO.C7H15N/c1-7(2)10-4-3-8-5-9-6-11-8;1-8(2)9-6-4-3-5-7-9;1-7(2)9-5-3-8-4-6-9;1-7(2)8-3-5-9-6-4-8;1-7(2)8-5-3-4-6-8/h5-7,10H,3-4H2,1-2H3,(H,9,11);8H,3-7H2,1-2H3;7-8H,3-6H2,1-2H3;7H,3-6H2,1-2H3;7H,3-6H2,1-2H3. The van der Waals surface area contributed by atoms with Crippen molar-refractivity contribution in [1.82, 2.24) is 40.2 Å². The van der Waals surface area contributed by atoms with Crippen LogP contribution in [0.15, 0.2) is 12.5 Å². The molecule has 3 N–H and O–H groups in total. The molecule has 4 aliphatic heterocycles. The molecule has 0 radical (unpaired) electrons. The van der Waals surface area contributed by atoms with Gasteiger partial charge in [-0.25, -0.2) is 4.98 Å². The van der Waals surface area contributed by atoms with Gasteiger partial charge in [0.1, 0.15) is 0 Å². The van der Waals surface area contributed by atoms with Gasteiger partial charge in [0.25, 0.3) is 0 Å². The van der Waals surface area contributed by atoms with Crippen LogP contribution < -0.4 is 10.6 Å². The van der Waals surface area contributed by atoms with Crippen molar-refractivity contribution in [2.24, 2.45) is 0 Å². The summed E-state index contributed by atoms with van der Waals surface area (Å²) in [6, 6.07) is 3.53. The molecule has 4 saturated heterocycles. The Morgan fingerprint density at radius 2 is 1.07 bits per heavy atom. The van der Waals surface area contributed by atoms with E-state index >= 15 is 0 Å². The molecule has 0 amide bonds. The predicted molar refractivity (Wildman–Crippen MR) is 199 cm³/mol. The molecule has 1 aromatic rings. The molecule has 4 aliphatic rings. The fourth-order valence-electron chi connectivity index (χ4n) is 5.90. The van der Waals surface area contributed by atoms with Crippen LogP contribution in [0.2, 0.25) is 0 Å². The first-order valence-corrected chi connectivity index (χ1v) is 19.0. The summed E-state index contributed by atoms with van der Waals surface area (Å²) >= 11 is 0. The van der Waals surface area contributed by atoms with Gasteiger partial charge in [0.2, 0.25) is 0 Å². The third kappa shape index (κ3) is 21.7. The molecule has 0 bridgehead atoms. The van der Waals surface area contributed by atoms with Crippen LogP contribution in [0.5, 0.6) is 0 Å². The van der Waals surface area contributed by atoms with Crippen molar-refractivity contribution in [3.63, 3.8) is 0 Å². The van der Waals surface area contributed by atoms with Crippen LogP contribution in [0, 0.1) is 0 Å². The number of aromatic nitrogens is 2. The molecule has 1 aromatic heterocycles. The van der Waals surface area contributed by atoms with E-state index in [4.69, 9.17) is 4.74 Å². The van der Waals surface area contributed by atoms with Gasteiger partial charge < -0.3 is 30.2 Å². The molecule has 5 heterocycles. The van der Waals surface area contributed by atoms with E-state index in [9.17, 15) is 0 Å². The summed E-state index contributed by atoms with van der Waals surface area (Å²) in [7, 11) is 0. The van der Waals surface area contributed by atoms with Crippen molar-refractivity contribution >= 4 is 0 Å². The quantitative estimate of drug-likeness (QED) is 0.348. The largest absolute Gasteiger partial charge is 0.379 e. The van der Waals surface area contributed by atoms with Gasteiger partial charge in [-0.2, -0.15) is 0 Å². The SMILES string of the molecule is CC(C)N1CCCC1.CC(C)N1CCCCC1.CC(C)N1CCNCC1.CC(C)N1CCOCC1.CC(C)NCCc1cnc[nH]1. The number of rotatable bonds is 8. The van der Waals surface area contributed by atoms with Crippen molar-refractivity contribution in [3.8, 4) is 0 Å². The number of piperazine rings is 1. The lowest BCUT2D eigenvalue weighted by atomic mass is 10.1. The maximum Gasteiger partial charge on any atom is 0.0921 e. The minimum atomic E-state index is 0.568. The van der Waals surface area contributed by atoms with Gasteiger partial charge >= 0.3 is 0 Å². The Bertz CT molecular complexity index is 710. The second-order valence-electron chi connectivity index (χ2n) is 14.6. The van der Waals surface area contributed by atoms with E-state index in [1.165, 1.54) is 77.1 Å². The number of ether oxygens (including phenoxy) is 1. The van der Waals surface area contributed by atoms with Gasteiger partial charge in [-0.05, 0) is 107 Å². The minimum Gasteiger partial charge on any atom is -0.379 e. The van der Waals surface area contributed by atoms with Crippen LogP contribution in [-0.2, 0) is 11.2 Å². The maximum absolute atomic E-state index is 5.21. The Balaban J connectivity index is 0.000000289. The number of imidazole rings is 1. The summed E-state index contributed by atoms with van der Waals surface area (Å²) in [4.78, 5) is 17.0. The highest BCUT2D eigenvalue weighted by Gasteiger charge is 2.14. The third-order valence-corrected chi connectivity index (χ3v) is 9.15. The predicted octanol–water partition coefficient (Wildman–Crippen LogP) is 5.35. The molecule has 9 heteroatoms. The first-order valence-electron chi connectivity index (χ1n) is 19.0. The summed E-state index contributed by atoms with van der Waals surface area (Å²) in [6.45, 7) is 37.5. The van der Waals surface area contributed by atoms with Gasteiger partial charge in [-0.3, -0.25) is 9.80 Å². The number of nitrogens with zero attached hydrogens (tertiary/aromatic N) is 5. The summed E-state index contributed by atoms with van der Waals surface area (Å²) in [5.41, 5.74) is 1.19. The van der Waals surface area contributed by atoms with E-state index in [0.717, 1.165) is 70.5 Å². The Labute approximate surface area is 286 Å². The van der Waals surface area contributed by atoms with Crippen LogP contribution in [0.3, 0.4) is 0 Å². The number of H-pyrrole nitrogens is 1. The van der Waals surface area contributed by atoms with Gasteiger partial charge in [-0.1, -0.05) is 20.3 Å². The number of piperidine rings is 1. The Kier molecular flexibility index (Phi) is 25.1. The lowest BCUT2D eigenvalue weighted by Gasteiger charge is -2.30. The van der Waals surface area contributed by atoms with E-state index < -0.39 is 0 Å². The first kappa shape index (κ1) is 43.0. The van der Waals surface area contributed by atoms with Crippen molar-refractivity contribution in [2.45, 2.75) is 138 Å². The average molecular weight is 651 g/mol. The highest BCUT2D eigenvalue weighted by Crippen LogP contribution is 2.11. The minimum absolute atomic E-state index is 0.568. The number of aromatic amines is 1. The monoisotopic (exact) mass is 651 g/mol. The molecular formula is C37H78N8O. The van der Waals surface area contributed by atoms with E-state index in [1.54, 1.807) is 6.33 Å². The van der Waals surface area contributed by atoms with Crippen molar-refractivity contribution in [1.29, 1.82) is 0 Å². The van der Waals surface area contributed by atoms with Crippen molar-refractivity contribution < 1.29 is 4.74 Å².